The average molecular weight is 193 g/mol. The molecular formula is C6H6F3N3O. The van der Waals surface area contributed by atoms with Crippen LogP contribution in [0.3, 0.4) is 0 Å². The molecule has 0 saturated carbocycles. The standard InChI is InChI=1S/C6H6F3N3O/c7-6(8,9)3-12-4(5(10)13)1-2-11-12/h1-2H,3H2,(H2,10,13). The van der Waals surface area contributed by atoms with Crippen LogP contribution in [-0.4, -0.2) is 21.9 Å². The number of rotatable bonds is 2. The van der Waals surface area contributed by atoms with E-state index >= 15 is 0 Å². The molecular weight excluding hydrogens is 187 g/mol. The number of amides is 1. The summed E-state index contributed by atoms with van der Waals surface area (Å²) >= 11 is 0. The minimum absolute atomic E-state index is 0.252. The fraction of sp³-hybridized carbons (Fsp3) is 0.333. The summed E-state index contributed by atoms with van der Waals surface area (Å²) in [5.41, 5.74) is 4.56. The predicted octanol–water partition coefficient (Wildman–Crippen LogP) is 0.544. The third-order valence-electron chi connectivity index (χ3n) is 1.30. The fourth-order valence-electron chi connectivity index (χ4n) is 0.838. The van der Waals surface area contributed by atoms with Crippen molar-refractivity contribution in [1.82, 2.24) is 9.78 Å². The molecule has 0 aliphatic carbocycles. The summed E-state index contributed by atoms with van der Waals surface area (Å²) in [6.07, 6.45) is -3.32. The highest BCUT2D eigenvalue weighted by atomic mass is 19.4. The van der Waals surface area contributed by atoms with Crippen LogP contribution in [0.5, 0.6) is 0 Å². The Morgan fingerprint density at radius 3 is 2.69 bits per heavy atom. The smallest absolute Gasteiger partial charge is 0.364 e. The number of nitrogens with two attached hydrogens (primary N) is 1. The van der Waals surface area contributed by atoms with Gasteiger partial charge in [0.15, 0.2) is 0 Å². The highest BCUT2D eigenvalue weighted by molar-refractivity contribution is 5.90. The molecule has 0 unspecified atom stereocenters. The third-order valence-corrected chi connectivity index (χ3v) is 1.30. The van der Waals surface area contributed by atoms with Crippen molar-refractivity contribution in [3.63, 3.8) is 0 Å². The van der Waals surface area contributed by atoms with Gasteiger partial charge in [0.25, 0.3) is 5.91 Å². The van der Waals surface area contributed by atoms with E-state index < -0.39 is 18.6 Å². The van der Waals surface area contributed by atoms with E-state index in [-0.39, 0.29) is 5.69 Å². The van der Waals surface area contributed by atoms with Gasteiger partial charge in [-0.2, -0.15) is 18.3 Å². The molecule has 2 N–H and O–H groups in total. The molecule has 0 aliphatic heterocycles. The Labute approximate surface area is 71.1 Å². The molecule has 1 rings (SSSR count). The average Bonchev–Trinajstić information content (AvgIpc) is 2.31. The van der Waals surface area contributed by atoms with Crippen LogP contribution in [0.25, 0.3) is 0 Å². The van der Waals surface area contributed by atoms with Gasteiger partial charge in [0.05, 0.1) is 0 Å². The molecule has 1 aromatic heterocycles. The lowest BCUT2D eigenvalue weighted by molar-refractivity contribution is -0.142. The molecule has 4 nitrogen and oxygen atoms in total. The van der Waals surface area contributed by atoms with Gasteiger partial charge in [-0.15, -0.1) is 0 Å². The van der Waals surface area contributed by atoms with Crippen LogP contribution in [0.2, 0.25) is 0 Å². The zero-order chi connectivity index (χ0) is 10.1. The summed E-state index contributed by atoms with van der Waals surface area (Å²) in [5.74, 6) is -0.929. The lowest BCUT2D eigenvalue weighted by Crippen LogP contribution is -2.24. The van der Waals surface area contributed by atoms with Crippen LogP contribution in [0, 0.1) is 0 Å². The number of hydrogen-bond donors (Lipinski definition) is 1. The molecule has 1 amide bonds. The van der Waals surface area contributed by atoms with Crippen LogP contribution >= 0.6 is 0 Å². The number of carbonyl (C=O) groups excluding carboxylic acids is 1. The molecule has 1 heterocycles. The number of halogens is 3. The molecule has 0 radical (unpaired) electrons. The maximum Gasteiger partial charge on any atom is 0.408 e. The molecule has 1 aromatic rings. The van der Waals surface area contributed by atoms with Gasteiger partial charge >= 0.3 is 6.18 Å². The molecule has 0 saturated heterocycles. The molecule has 0 fully saturated rings. The van der Waals surface area contributed by atoms with Crippen LogP contribution in [0.4, 0.5) is 13.2 Å². The molecule has 0 aromatic carbocycles. The van der Waals surface area contributed by atoms with Gasteiger partial charge in [0, 0.05) is 6.20 Å². The van der Waals surface area contributed by atoms with E-state index in [2.05, 4.69) is 5.10 Å². The largest absolute Gasteiger partial charge is 0.408 e. The van der Waals surface area contributed by atoms with E-state index in [9.17, 15) is 18.0 Å². The first-order chi connectivity index (χ1) is 5.90. The van der Waals surface area contributed by atoms with Gasteiger partial charge in [-0.05, 0) is 6.07 Å². The first-order valence-electron chi connectivity index (χ1n) is 3.28. The minimum atomic E-state index is -4.41. The number of alkyl halides is 3. The molecule has 0 bridgehead atoms. The van der Waals surface area contributed by atoms with E-state index in [0.717, 1.165) is 12.3 Å². The Balaban J connectivity index is 2.89. The predicted molar refractivity (Wildman–Crippen MR) is 36.8 cm³/mol. The second-order valence-electron chi connectivity index (χ2n) is 2.35. The molecule has 7 heteroatoms. The number of primary amides is 1. The minimum Gasteiger partial charge on any atom is -0.364 e. The van der Waals surface area contributed by atoms with Crippen molar-refractivity contribution < 1.29 is 18.0 Å². The van der Waals surface area contributed by atoms with Crippen LogP contribution in [0.1, 0.15) is 10.5 Å². The van der Waals surface area contributed by atoms with Gasteiger partial charge in [0.1, 0.15) is 12.2 Å². The van der Waals surface area contributed by atoms with Gasteiger partial charge in [-0.3, -0.25) is 9.48 Å². The summed E-state index contributed by atoms with van der Waals surface area (Å²) in [7, 11) is 0. The fourth-order valence-corrected chi connectivity index (χ4v) is 0.838. The Morgan fingerprint density at radius 2 is 2.23 bits per heavy atom. The number of nitrogens with zero attached hydrogens (tertiary/aromatic N) is 2. The summed E-state index contributed by atoms with van der Waals surface area (Å²) in [5, 5.41) is 3.32. The molecule has 13 heavy (non-hydrogen) atoms. The number of aromatic nitrogens is 2. The third kappa shape index (κ3) is 2.46. The van der Waals surface area contributed by atoms with Gasteiger partial charge in [-0.25, -0.2) is 0 Å². The first kappa shape index (κ1) is 9.56. The number of carbonyl (C=O) groups is 1. The van der Waals surface area contributed by atoms with Gasteiger partial charge in [0.2, 0.25) is 0 Å². The van der Waals surface area contributed by atoms with Gasteiger partial charge < -0.3 is 5.73 Å². The summed E-state index contributed by atoms with van der Waals surface area (Å²) in [4.78, 5) is 10.6. The highest BCUT2D eigenvalue weighted by Crippen LogP contribution is 2.17. The Kier molecular flexibility index (Phi) is 2.26. The summed E-state index contributed by atoms with van der Waals surface area (Å²) < 4.78 is 36.1. The Hall–Kier alpha value is -1.53. The van der Waals surface area contributed by atoms with E-state index in [4.69, 9.17) is 5.73 Å². The van der Waals surface area contributed by atoms with Crippen LogP contribution in [-0.2, 0) is 6.54 Å². The quantitative estimate of drug-likeness (QED) is 0.745. The highest BCUT2D eigenvalue weighted by Gasteiger charge is 2.29. The van der Waals surface area contributed by atoms with Crippen molar-refractivity contribution in [2.75, 3.05) is 0 Å². The van der Waals surface area contributed by atoms with Crippen molar-refractivity contribution in [1.29, 1.82) is 0 Å². The van der Waals surface area contributed by atoms with Crippen LogP contribution in [0.15, 0.2) is 12.3 Å². The van der Waals surface area contributed by atoms with Crippen molar-refractivity contribution >= 4 is 5.91 Å². The van der Waals surface area contributed by atoms with Gasteiger partial charge in [-0.1, -0.05) is 0 Å². The zero-order valence-electron chi connectivity index (χ0n) is 6.38. The second kappa shape index (κ2) is 3.08. The lowest BCUT2D eigenvalue weighted by atomic mass is 10.4. The molecule has 0 spiro atoms. The number of hydrogen-bond acceptors (Lipinski definition) is 2. The van der Waals surface area contributed by atoms with Crippen molar-refractivity contribution in [2.45, 2.75) is 12.7 Å². The topological polar surface area (TPSA) is 60.9 Å². The summed E-state index contributed by atoms with van der Waals surface area (Å²) in [6.45, 7) is -1.31. The van der Waals surface area contributed by atoms with E-state index in [1.165, 1.54) is 0 Å². The molecule has 72 valence electrons. The Morgan fingerprint density at radius 1 is 1.62 bits per heavy atom. The van der Waals surface area contributed by atoms with Crippen molar-refractivity contribution in [3.05, 3.63) is 18.0 Å². The SMILES string of the molecule is NC(=O)c1ccnn1CC(F)(F)F. The van der Waals surface area contributed by atoms with E-state index in [1.54, 1.807) is 0 Å². The van der Waals surface area contributed by atoms with Crippen LogP contribution < -0.4 is 5.73 Å². The maximum atomic E-state index is 11.8. The summed E-state index contributed by atoms with van der Waals surface area (Å²) in [6, 6.07) is 1.13. The first-order valence-corrected chi connectivity index (χ1v) is 3.28. The van der Waals surface area contributed by atoms with Crippen molar-refractivity contribution in [2.24, 2.45) is 5.73 Å². The zero-order valence-corrected chi connectivity index (χ0v) is 6.38. The lowest BCUT2D eigenvalue weighted by Gasteiger charge is -2.07. The van der Waals surface area contributed by atoms with Crippen molar-refractivity contribution in [3.8, 4) is 0 Å². The maximum absolute atomic E-state index is 11.8. The second-order valence-corrected chi connectivity index (χ2v) is 2.35. The van der Waals surface area contributed by atoms with E-state index in [0.29, 0.717) is 4.68 Å². The molecule has 0 aliphatic rings. The van der Waals surface area contributed by atoms with E-state index in [1.807, 2.05) is 0 Å². The molecule has 0 atom stereocenters. The normalized spacial score (nSPS) is 11.6. The monoisotopic (exact) mass is 193 g/mol. The Bertz CT molecular complexity index is 317.